The van der Waals surface area contributed by atoms with Crippen molar-refractivity contribution < 1.29 is 9.21 Å². The minimum atomic E-state index is -0.435. The van der Waals surface area contributed by atoms with Crippen LogP contribution in [0.25, 0.3) is 0 Å². The number of nitrogens with one attached hydrogen (secondary N) is 1. The van der Waals surface area contributed by atoms with Gasteiger partial charge in [-0.1, -0.05) is 26.7 Å². The first-order valence-electron chi connectivity index (χ1n) is 6.14. The predicted octanol–water partition coefficient (Wildman–Crippen LogP) is 1.37. The van der Waals surface area contributed by atoms with Crippen molar-refractivity contribution in [2.45, 2.75) is 52.1 Å². The van der Waals surface area contributed by atoms with Crippen molar-refractivity contribution in [3.63, 3.8) is 0 Å². The van der Waals surface area contributed by atoms with E-state index in [1.807, 2.05) is 6.92 Å². The molecule has 0 unspecified atom stereocenters. The van der Waals surface area contributed by atoms with Crippen LogP contribution in [0.2, 0.25) is 0 Å². The van der Waals surface area contributed by atoms with Crippen molar-refractivity contribution in [1.29, 1.82) is 0 Å². The second-order valence-corrected chi connectivity index (χ2v) is 4.04. The average Bonchev–Trinajstić information content (AvgIpc) is 2.80. The smallest absolute Gasteiger partial charge is 0.237 e. The lowest BCUT2D eigenvalue weighted by molar-refractivity contribution is -0.122. The Labute approximate surface area is 102 Å². The standard InChI is InChI=1S/C12H21N3O2/c1-3-5-6-10(13)12(16)15-8-11-14-7-9(4-2)17-11/h7,10H,3-6,8,13H2,1-2H3,(H,15,16)/t10-/m0/s1. The number of amides is 1. The number of carbonyl (C=O) groups excluding carboxylic acids is 1. The van der Waals surface area contributed by atoms with Crippen LogP contribution in [0.15, 0.2) is 10.6 Å². The summed E-state index contributed by atoms with van der Waals surface area (Å²) in [4.78, 5) is 15.7. The van der Waals surface area contributed by atoms with Crippen LogP contribution in [0.1, 0.15) is 44.8 Å². The average molecular weight is 239 g/mol. The summed E-state index contributed by atoms with van der Waals surface area (Å²) in [6, 6.07) is -0.435. The van der Waals surface area contributed by atoms with Crippen molar-refractivity contribution in [1.82, 2.24) is 10.3 Å². The first kappa shape index (κ1) is 13.7. The number of aromatic nitrogens is 1. The summed E-state index contributed by atoms with van der Waals surface area (Å²) in [6.07, 6.45) is 5.21. The zero-order chi connectivity index (χ0) is 12.7. The first-order chi connectivity index (χ1) is 8.17. The third kappa shape index (κ3) is 4.56. The highest BCUT2D eigenvalue weighted by Crippen LogP contribution is 2.04. The van der Waals surface area contributed by atoms with Gasteiger partial charge in [0.05, 0.1) is 18.8 Å². The highest BCUT2D eigenvalue weighted by molar-refractivity contribution is 5.81. The number of nitrogens with two attached hydrogens (primary N) is 1. The third-order valence-corrected chi connectivity index (χ3v) is 2.57. The molecule has 0 aromatic carbocycles. The predicted molar refractivity (Wildman–Crippen MR) is 65.2 cm³/mol. The quantitative estimate of drug-likeness (QED) is 0.753. The van der Waals surface area contributed by atoms with Crippen LogP contribution in [0.5, 0.6) is 0 Å². The molecule has 5 heteroatoms. The monoisotopic (exact) mass is 239 g/mol. The van der Waals surface area contributed by atoms with Gasteiger partial charge in [0.2, 0.25) is 11.8 Å². The molecule has 0 spiro atoms. The molecule has 5 nitrogen and oxygen atoms in total. The van der Waals surface area contributed by atoms with E-state index in [1.54, 1.807) is 6.20 Å². The van der Waals surface area contributed by atoms with Crippen molar-refractivity contribution in [2.24, 2.45) is 5.73 Å². The molecular formula is C12H21N3O2. The molecular weight excluding hydrogens is 218 g/mol. The number of unbranched alkanes of at least 4 members (excludes halogenated alkanes) is 1. The molecule has 1 atom stereocenters. The highest BCUT2D eigenvalue weighted by atomic mass is 16.4. The minimum absolute atomic E-state index is 0.144. The van der Waals surface area contributed by atoms with Crippen LogP contribution in [-0.2, 0) is 17.8 Å². The molecule has 17 heavy (non-hydrogen) atoms. The summed E-state index contributed by atoms with van der Waals surface area (Å²) in [6.45, 7) is 4.37. The Balaban J connectivity index is 2.32. The van der Waals surface area contributed by atoms with Gasteiger partial charge in [-0.2, -0.15) is 0 Å². The van der Waals surface area contributed by atoms with Gasteiger partial charge in [0.15, 0.2) is 0 Å². The number of hydrogen-bond acceptors (Lipinski definition) is 4. The Morgan fingerprint density at radius 3 is 2.94 bits per heavy atom. The van der Waals surface area contributed by atoms with Crippen LogP contribution in [0.4, 0.5) is 0 Å². The van der Waals surface area contributed by atoms with Crippen LogP contribution >= 0.6 is 0 Å². The molecule has 0 saturated heterocycles. The number of rotatable bonds is 7. The molecule has 0 aliphatic rings. The summed E-state index contributed by atoms with van der Waals surface area (Å²) in [7, 11) is 0. The van der Waals surface area contributed by atoms with Gasteiger partial charge in [-0.15, -0.1) is 0 Å². The van der Waals surface area contributed by atoms with Crippen LogP contribution in [-0.4, -0.2) is 16.9 Å². The van der Waals surface area contributed by atoms with E-state index >= 15 is 0 Å². The maximum atomic E-state index is 11.6. The molecule has 1 rings (SSSR count). The highest BCUT2D eigenvalue weighted by Gasteiger charge is 2.13. The van der Waals surface area contributed by atoms with E-state index in [-0.39, 0.29) is 5.91 Å². The van der Waals surface area contributed by atoms with E-state index in [0.717, 1.165) is 25.0 Å². The number of hydrogen-bond donors (Lipinski definition) is 2. The summed E-state index contributed by atoms with van der Waals surface area (Å²) in [5.74, 6) is 1.21. The van der Waals surface area contributed by atoms with Crippen molar-refractivity contribution in [3.05, 3.63) is 17.8 Å². The molecule has 1 heterocycles. The first-order valence-corrected chi connectivity index (χ1v) is 6.14. The molecule has 1 aromatic rings. The summed E-state index contributed by atoms with van der Waals surface area (Å²) in [5, 5.41) is 2.72. The number of aryl methyl sites for hydroxylation is 1. The maximum absolute atomic E-state index is 11.6. The SMILES string of the molecule is CCCC[C@H](N)C(=O)NCc1ncc(CC)o1. The normalized spacial score (nSPS) is 12.4. The molecule has 0 bridgehead atoms. The second-order valence-electron chi connectivity index (χ2n) is 4.04. The van der Waals surface area contributed by atoms with E-state index in [0.29, 0.717) is 18.9 Å². The molecule has 0 saturated carbocycles. The fourth-order valence-corrected chi connectivity index (χ4v) is 1.44. The molecule has 0 fully saturated rings. The van der Waals surface area contributed by atoms with E-state index in [1.165, 1.54) is 0 Å². The lowest BCUT2D eigenvalue weighted by atomic mass is 10.1. The molecule has 1 aromatic heterocycles. The van der Waals surface area contributed by atoms with Crippen molar-refractivity contribution in [3.8, 4) is 0 Å². The van der Waals surface area contributed by atoms with Gasteiger partial charge >= 0.3 is 0 Å². The van der Waals surface area contributed by atoms with Gasteiger partial charge in [0.25, 0.3) is 0 Å². The lowest BCUT2D eigenvalue weighted by Gasteiger charge is -2.10. The number of carbonyl (C=O) groups is 1. The molecule has 0 aliphatic carbocycles. The second kappa shape index (κ2) is 7.06. The van der Waals surface area contributed by atoms with Crippen LogP contribution in [0, 0.1) is 0 Å². The minimum Gasteiger partial charge on any atom is -0.444 e. The van der Waals surface area contributed by atoms with Gasteiger partial charge in [0, 0.05) is 6.42 Å². The van der Waals surface area contributed by atoms with Gasteiger partial charge in [0.1, 0.15) is 5.76 Å². The van der Waals surface area contributed by atoms with Gasteiger partial charge in [-0.3, -0.25) is 4.79 Å². The molecule has 0 aliphatic heterocycles. The largest absolute Gasteiger partial charge is 0.444 e. The summed E-state index contributed by atoms with van der Waals surface area (Å²) in [5.41, 5.74) is 5.74. The molecule has 3 N–H and O–H groups in total. The summed E-state index contributed by atoms with van der Waals surface area (Å²) < 4.78 is 5.38. The Morgan fingerprint density at radius 2 is 2.35 bits per heavy atom. The number of oxazole rings is 1. The molecule has 1 amide bonds. The summed E-state index contributed by atoms with van der Waals surface area (Å²) >= 11 is 0. The Hall–Kier alpha value is -1.36. The zero-order valence-electron chi connectivity index (χ0n) is 10.5. The van der Waals surface area contributed by atoms with Crippen LogP contribution in [0.3, 0.4) is 0 Å². The zero-order valence-corrected chi connectivity index (χ0v) is 10.5. The Kier molecular flexibility index (Phi) is 5.69. The van der Waals surface area contributed by atoms with Gasteiger partial charge < -0.3 is 15.5 Å². The van der Waals surface area contributed by atoms with Crippen molar-refractivity contribution in [2.75, 3.05) is 0 Å². The fourth-order valence-electron chi connectivity index (χ4n) is 1.44. The van der Waals surface area contributed by atoms with E-state index < -0.39 is 6.04 Å². The Morgan fingerprint density at radius 1 is 1.59 bits per heavy atom. The van der Waals surface area contributed by atoms with Crippen molar-refractivity contribution >= 4 is 5.91 Å². The topological polar surface area (TPSA) is 81.2 Å². The van der Waals surface area contributed by atoms with E-state index in [2.05, 4.69) is 17.2 Å². The van der Waals surface area contributed by atoms with Crippen LogP contribution < -0.4 is 11.1 Å². The Bertz CT molecular complexity index is 349. The third-order valence-electron chi connectivity index (χ3n) is 2.57. The van der Waals surface area contributed by atoms with E-state index in [4.69, 9.17) is 10.2 Å². The van der Waals surface area contributed by atoms with E-state index in [9.17, 15) is 4.79 Å². The van der Waals surface area contributed by atoms with Gasteiger partial charge in [-0.05, 0) is 6.42 Å². The molecule has 0 radical (unpaired) electrons. The molecule has 96 valence electrons. The fraction of sp³-hybridized carbons (Fsp3) is 0.667. The maximum Gasteiger partial charge on any atom is 0.237 e. The van der Waals surface area contributed by atoms with Gasteiger partial charge in [-0.25, -0.2) is 4.98 Å². The lowest BCUT2D eigenvalue weighted by Crippen LogP contribution is -2.40. The number of nitrogens with zero attached hydrogens (tertiary/aromatic N) is 1.